The van der Waals surface area contributed by atoms with Crippen LogP contribution < -0.4 is 0 Å². The van der Waals surface area contributed by atoms with Crippen LogP contribution >= 0.6 is 0 Å². The Morgan fingerprint density at radius 3 is 2.33 bits per heavy atom. The zero-order chi connectivity index (χ0) is 18.8. The van der Waals surface area contributed by atoms with E-state index < -0.39 is 0 Å². The molecule has 0 saturated carbocycles. The van der Waals surface area contributed by atoms with Crippen LogP contribution in [0.15, 0.2) is 78.9 Å². The van der Waals surface area contributed by atoms with Gasteiger partial charge < -0.3 is 9.30 Å². The molecule has 0 aliphatic carbocycles. The second kappa shape index (κ2) is 7.11. The molecule has 3 heteroatoms. The standard InChI is InChI=1S/C24H20N2O/c1-17-8-11-20(12-9-17)24(27-2)26-22-13-10-18(16-25)14-21(22)15-23(26)19-6-4-3-5-7-19/h3-15,24H,1-2H3. The zero-order valence-electron chi connectivity index (χ0n) is 15.4. The molecule has 4 rings (SSSR count). The molecule has 132 valence electrons. The normalized spacial score (nSPS) is 12.0. The lowest BCUT2D eigenvalue weighted by atomic mass is 10.1. The van der Waals surface area contributed by atoms with Gasteiger partial charge in [0.05, 0.1) is 22.8 Å². The fourth-order valence-electron chi connectivity index (χ4n) is 3.51. The molecule has 0 aliphatic rings. The Labute approximate surface area is 159 Å². The number of benzene rings is 3. The van der Waals surface area contributed by atoms with E-state index in [1.54, 1.807) is 7.11 Å². The quantitative estimate of drug-likeness (QED) is 0.474. The average Bonchev–Trinajstić information content (AvgIpc) is 3.09. The fourth-order valence-corrected chi connectivity index (χ4v) is 3.51. The summed E-state index contributed by atoms with van der Waals surface area (Å²) in [6, 6.07) is 28.8. The number of fused-ring (bicyclic) bond motifs is 1. The molecule has 1 heterocycles. The number of rotatable bonds is 4. The highest BCUT2D eigenvalue weighted by Gasteiger charge is 2.20. The second-order valence-electron chi connectivity index (χ2n) is 6.65. The summed E-state index contributed by atoms with van der Waals surface area (Å²) in [5.41, 5.74) is 6.17. The maximum absolute atomic E-state index is 9.27. The lowest BCUT2D eigenvalue weighted by molar-refractivity contribution is 0.0835. The Morgan fingerprint density at radius 2 is 1.67 bits per heavy atom. The Morgan fingerprint density at radius 1 is 0.926 bits per heavy atom. The van der Waals surface area contributed by atoms with Gasteiger partial charge in [0.1, 0.15) is 0 Å². The summed E-state index contributed by atoms with van der Waals surface area (Å²) in [5, 5.41) is 10.3. The highest BCUT2D eigenvalue weighted by atomic mass is 16.5. The van der Waals surface area contributed by atoms with Crippen molar-refractivity contribution in [3.63, 3.8) is 0 Å². The van der Waals surface area contributed by atoms with E-state index in [1.807, 2.05) is 36.4 Å². The number of ether oxygens (including phenoxy) is 1. The van der Waals surface area contributed by atoms with Gasteiger partial charge in [-0.3, -0.25) is 0 Å². The third kappa shape index (κ3) is 3.12. The minimum atomic E-state index is -0.258. The second-order valence-corrected chi connectivity index (χ2v) is 6.65. The van der Waals surface area contributed by atoms with Crippen molar-refractivity contribution in [3.05, 3.63) is 95.6 Å². The van der Waals surface area contributed by atoms with E-state index in [0.29, 0.717) is 5.56 Å². The molecule has 0 bridgehead atoms. The van der Waals surface area contributed by atoms with Gasteiger partial charge in [-0.1, -0.05) is 60.2 Å². The first-order chi connectivity index (χ1) is 13.2. The van der Waals surface area contributed by atoms with Gasteiger partial charge in [-0.05, 0) is 36.8 Å². The monoisotopic (exact) mass is 352 g/mol. The summed E-state index contributed by atoms with van der Waals surface area (Å²) >= 11 is 0. The highest BCUT2D eigenvalue weighted by Crippen LogP contribution is 2.35. The lowest BCUT2D eigenvalue weighted by Crippen LogP contribution is -2.13. The summed E-state index contributed by atoms with van der Waals surface area (Å²) in [7, 11) is 1.73. The molecule has 1 unspecified atom stereocenters. The van der Waals surface area contributed by atoms with E-state index in [-0.39, 0.29) is 6.23 Å². The number of aryl methyl sites for hydroxylation is 1. The van der Waals surface area contributed by atoms with Crippen molar-refractivity contribution >= 4 is 10.9 Å². The van der Waals surface area contributed by atoms with Gasteiger partial charge in [0.25, 0.3) is 0 Å². The van der Waals surface area contributed by atoms with E-state index in [2.05, 4.69) is 60.0 Å². The maximum Gasteiger partial charge on any atom is 0.160 e. The smallest absolute Gasteiger partial charge is 0.160 e. The highest BCUT2D eigenvalue weighted by molar-refractivity contribution is 5.88. The van der Waals surface area contributed by atoms with Gasteiger partial charge in [-0.15, -0.1) is 0 Å². The summed E-state index contributed by atoms with van der Waals surface area (Å²) in [4.78, 5) is 0. The van der Waals surface area contributed by atoms with Gasteiger partial charge in [-0.2, -0.15) is 5.26 Å². The number of aromatic nitrogens is 1. The van der Waals surface area contributed by atoms with Gasteiger partial charge in [-0.25, -0.2) is 0 Å². The van der Waals surface area contributed by atoms with Gasteiger partial charge in [0.2, 0.25) is 0 Å². The predicted octanol–water partition coefficient (Wildman–Crippen LogP) is 5.68. The zero-order valence-corrected chi connectivity index (χ0v) is 15.4. The van der Waals surface area contributed by atoms with Crippen LogP contribution in [0.4, 0.5) is 0 Å². The molecule has 0 radical (unpaired) electrons. The van der Waals surface area contributed by atoms with Gasteiger partial charge in [0.15, 0.2) is 6.23 Å². The molecule has 0 saturated heterocycles. The van der Waals surface area contributed by atoms with Crippen LogP contribution in [0.3, 0.4) is 0 Å². The Kier molecular flexibility index (Phi) is 4.50. The van der Waals surface area contributed by atoms with Crippen LogP contribution in [0.5, 0.6) is 0 Å². The molecule has 4 aromatic rings. The number of hydrogen-bond donors (Lipinski definition) is 0. The molecular weight excluding hydrogens is 332 g/mol. The van der Waals surface area contributed by atoms with Crippen molar-refractivity contribution in [2.45, 2.75) is 13.2 Å². The van der Waals surface area contributed by atoms with Crippen molar-refractivity contribution in [2.24, 2.45) is 0 Å². The van der Waals surface area contributed by atoms with Crippen LogP contribution in [0.25, 0.3) is 22.2 Å². The van der Waals surface area contributed by atoms with Crippen molar-refractivity contribution in [1.29, 1.82) is 5.26 Å². The summed E-state index contributed by atoms with van der Waals surface area (Å²) < 4.78 is 8.15. The van der Waals surface area contributed by atoms with Crippen LogP contribution in [0, 0.1) is 18.3 Å². The van der Waals surface area contributed by atoms with Crippen LogP contribution in [0.2, 0.25) is 0 Å². The summed E-state index contributed by atoms with van der Waals surface area (Å²) in [5.74, 6) is 0. The van der Waals surface area contributed by atoms with E-state index >= 15 is 0 Å². The molecule has 0 N–H and O–H groups in total. The molecule has 0 amide bonds. The van der Waals surface area contributed by atoms with E-state index in [4.69, 9.17) is 4.74 Å². The first kappa shape index (κ1) is 17.1. The molecule has 0 fully saturated rings. The van der Waals surface area contributed by atoms with E-state index in [9.17, 15) is 5.26 Å². The van der Waals surface area contributed by atoms with E-state index in [0.717, 1.165) is 27.7 Å². The largest absolute Gasteiger partial charge is 0.357 e. The molecule has 0 spiro atoms. The maximum atomic E-state index is 9.27. The molecule has 3 nitrogen and oxygen atoms in total. The molecule has 1 aromatic heterocycles. The third-order valence-corrected chi connectivity index (χ3v) is 4.86. The Balaban J connectivity index is 1.99. The number of hydrogen-bond acceptors (Lipinski definition) is 2. The number of nitrogens with zero attached hydrogens (tertiary/aromatic N) is 2. The van der Waals surface area contributed by atoms with Crippen molar-refractivity contribution < 1.29 is 4.74 Å². The minimum absolute atomic E-state index is 0.258. The predicted molar refractivity (Wildman–Crippen MR) is 108 cm³/mol. The first-order valence-corrected chi connectivity index (χ1v) is 8.91. The van der Waals surface area contributed by atoms with E-state index in [1.165, 1.54) is 5.56 Å². The molecule has 1 atom stereocenters. The molecule has 0 aliphatic heterocycles. The molecular formula is C24H20N2O. The Hall–Kier alpha value is -3.35. The van der Waals surface area contributed by atoms with Crippen LogP contribution in [-0.4, -0.2) is 11.7 Å². The van der Waals surface area contributed by atoms with Gasteiger partial charge >= 0.3 is 0 Å². The topological polar surface area (TPSA) is 38.0 Å². The third-order valence-electron chi connectivity index (χ3n) is 4.86. The first-order valence-electron chi connectivity index (χ1n) is 8.91. The molecule has 27 heavy (non-hydrogen) atoms. The van der Waals surface area contributed by atoms with Crippen molar-refractivity contribution in [1.82, 2.24) is 4.57 Å². The van der Waals surface area contributed by atoms with Crippen molar-refractivity contribution in [2.75, 3.05) is 7.11 Å². The van der Waals surface area contributed by atoms with Crippen LogP contribution in [0.1, 0.15) is 22.9 Å². The lowest BCUT2D eigenvalue weighted by Gasteiger charge is -2.22. The van der Waals surface area contributed by atoms with Crippen LogP contribution in [-0.2, 0) is 4.74 Å². The van der Waals surface area contributed by atoms with Crippen molar-refractivity contribution in [3.8, 4) is 17.3 Å². The van der Waals surface area contributed by atoms with Gasteiger partial charge in [0, 0.05) is 18.1 Å². The average molecular weight is 352 g/mol. The molecule has 3 aromatic carbocycles. The minimum Gasteiger partial charge on any atom is -0.357 e. The summed E-state index contributed by atoms with van der Waals surface area (Å²) in [6.07, 6.45) is -0.258. The number of methoxy groups -OCH3 is 1. The fraction of sp³-hybridized carbons (Fsp3) is 0.125. The summed E-state index contributed by atoms with van der Waals surface area (Å²) in [6.45, 7) is 2.08. The Bertz CT molecular complexity index is 1120. The SMILES string of the molecule is COC(c1ccc(C)cc1)n1c(-c2ccccc2)cc2cc(C#N)ccc21. The number of nitriles is 1.